The number of amides is 1. The number of hydrogen-bond donors (Lipinski definition) is 2. The number of aromatic nitrogens is 4. The third kappa shape index (κ3) is 3.63. The van der Waals surface area contributed by atoms with Crippen LogP contribution in [0.25, 0.3) is 22.8 Å². The van der Waals surface area contributed by atoms with Gasteiger partial charge in [0.1, 0.15) is 11.9 Å². The van der Waals surface area contributed by atoms with Gasteiger partial charge in [-0.2, -0.15) is 0 Å². The minimum atomic E-state index is -1.70. The molecule has 2 fully saturated rings. The van der Waals surface area contributed by atoms with Crippen LogP contribution in [0.4, 0.5) is 10.3 Å². The highest BCUT2D eigenvalue weighted by molar-refractivity contribution is 5.87. The second-order valence-corrected chi connectivity index (χ2v) is 7.98. The highest BCUT2D eigenvalue weighted by Crippen LogP contribution is 2.35. The fourth-order valence-corrected chi connectivity index (χ4v) is 3.62. The maximum Gasteiger partial charge on any atom is 0.262 e. The first-order valence-corrected chi connectivity index (χ1v) is 10.1. The van der Waals surface area contributed by atoms with Crippen LogP contribution in [-0.4, -0.2) is 62.3 Å². The first-order valence-electron chi connectivity index (χ1n) is 10.1. The number of carbonyl (C=O) groups is 1. The lowest BCUT2D eigenvalue weighted by atomic mass is 9.98. The molecular formula is C21H21FN6O3. The second kappa shape index (κ2) is 7.38. The molecule has 3 aromatic rings. The number of rotatable bonds is 6. The van der Waals surface area contributed by atoms with Gasteiger partial charge in [0.15, 0.2) is 5.76 Å². The summed E-state index contributed by atoms with van der Waals surface area (Å²) >= 11 is 0. The monoisotopic (exact) mass is 424 g/mol. The summed E-state index contributed by atoms with van der Waals surface area (Å²) in [5.74, 6) is 0.127. The van der Waals surface area contributed by atoms with Gasteiger partial charge >= 0.3 is 0 Å². The Hall–Kier alpha value is -3.40. The Morgan fingerprint density at radius 1 is 1.26 bits per heavy atom. The van der Waals surface area contributed by atoms with Crippen LogP contribution in [0.3, 0.4) is 0 Å². The first kappa shape index (κ1) is 19.6. The van der Waals surface area contributed by atoms with Crippen LogP contribution in [0, 0.1) is 5.92 Å². The summed E-state index contributed by atoms with van der Waals surface area (Å²) in [7, 11) is 1.63. The van der Waals surface area contributed by atoms with Crippen molar-refractivity contribution in [3.63, 3.8) is 0 Å². The van der Waals surface area contributed by atoms with Gasteiger partial charge in [-0.05, 0) is 24.6 Å². The van der Waals surface area contributed by atoms with Crippen molar-refractivity contribution in [3.05, 3.63) is 42.3 Å². The van der Waals surface area contributed by atoms with Crippen molar-refractivity contribution in [2.75, 3.05) is 25.5 Å². The Kier molecular flexibility index (Phi) is 4.66. The summed E-state index contributed by atoms with van der Waals surface area (Å²) in [6.07, 6.45) is 1.70. The van der Waals surface area contributed by atoms with Crippen molar-refractivity contribution in [1.29, 1.82) is 0 Å². The molecule has 3 atom stereocenters. The van der Waals surface area contributed by atoms with E-state index in [1.165, 1.54) is 4.90 Å². The number of carbonyl (C=O) groups excluding carboxylic acids is 1. The molecule has 1 aliphatic carbocycles. The fourth-order valence-electron chi connectivity index (χ4n) is 3.62. The van der Waals surface area contributed by atoms with Crippen molar-refractivity contribution < 1.29 is 18.8 Å². The number of pyridine rings is 1. The van der Waals surface area contributed by atoms with Crippen LogP contribution < -0.4 is 5.32 Å². The summed E-state index contributed by atoms with van der Waals surface area (Å²) < 4.78 is 18.4. The topological polar surface area (TPSA) is 117 Å². The van der Waals surface area contributed by atoms with Crippen molar-refractivity contribution in [2.45, 2.75) is 24.6 Å². The van der Waals surface area contributed by atoms with Gasteiger partial charge in [-0.1, -0.05) is 11.2 Å². The molecule has 4 heterocycles. The van der Waals surface area contributed by atoms with E-state index in [2.05, 4.69) is 25.4 Å². The lowest BCUT2D eigenvalue weighted by Crippen LogP contribution is -2.35. The molecule has 0 spiro atoms. The zero-order valence-corrected chi connectivity index (χ0v) is 16.8. The number of halogens is 1. The highest BCUT2D eigenvalue weighted by atomic mass is 19.1. The van der Waals surface area contributed by atoms with Crippen LogP contribution in [0.5, 0.6) is 0 Å². The average Bonchev–Trinajstić information content (AvgIpc) is 3.17. The smallest absolute Gasteiger partial charge is 0.262 e. The van der Waals surface area contributed by atoms with E-state index in [1.54, 1.807) is 37.5 Å². The molecule has 31 heavy (non-hydrogen) atoms. The summed E-state index contributed by atoms with van der Waals surface area (Å²) in [5, 5.41) is 17.8. The Balaban J connectivity index is 1.38. The van der Waals surface area contributed by atoms with Gasteiger partial charge in [-0.15, -0.1) is 0 Å². The van der Waals surface area contributed by atoms with Crippen molar-refractivity contribution in [3.8, 4) is 22.8 Å². The van der Waals surface area contributed by atoms with Crippen LogP contribution in [0.2, 0.25) is 0 Å². The SMILES string of the molecule is CN1CCC(O)(c2cc(-c3cccc(-c4ccnc(NCC5CC5F)n4)n3)no2)C1=O. The van der Waals surface area contributed by atoms with E-state index >= 15 is 0 Å². The molecule has 1 aliphatic heterocycles. The molecule has 10 heteroatoms. The number of anilines is 1. The number of likely N-dealkylation sites (tertiary alicyclic amines) is 1. The van der Waals surface area contributed by atoms with E-state index < -0.39 is 17.7 Å². The first-order chi connectivity index (χ1) is 14.9. The number of aliphatic hydroxyl groups is 1. The van der Waals surface area contributed by atoms with E-state index in [0.29, 0.717) is 48.2 Å². The Bertz CT molecular complexity index is 1140. The van der Waals surface area contributed by atoms with Crippen LogP contribution in [-0.2, 0) is 10.4 Å². The van der Waals surface area contributed by atoms with E-state index in [9.17, 15) is 14.3 Å². The molecule has 2 N–H and O–H groups in total. The maximum absolute atomic E-state index is 13.1. The standard InChI is InChI=1S/C21H21FN6O3/c1-28-8-6-21(30,19(28)29)18-10-17(27-31-18)15-4-2-3-14(25-15)16-5-7-23-20(26-16)24-11-12-9-13(12)22/h2-5,7,10,12-13,30H,6,8-9,11H2,1H3,(H,23,24,26). The molecule has 0 radical (unpaired) electrons. The van der Waals surface area contributed by atoms with Crippen molar-refractivity contribution in [1.82, 2.24) is 25.0 Å². The lowest BCUT2D eigenvalue weighted by Gasteiger charge is -2.16. The Morgan fingerprint density at radius 2 is 2.00 bits per heavy atom. The van der Waals surface area contributed by atoms with Crippen molar-refractivity contribution >= 4 is 11.9 Å². The normalized spacial score (nSPS) is 25.1. The summed E-state index contributed by atoms with van der Waals surface area (Å²) in [6, 6.07) is 8.64. The fraction of sp³-hybridized carbons (Fsp3) is 0.381. The van der Waals surface area contributed by atoms with Crippen LogP contribution >= 0.6 is 0 Å². The summed E-state index contributed by atoms with van der Waals surface area (Å²) in [4.78, 5) is 27.0. The molecule has 3 unspecified atom stereocenters. The maximum atomic E-state index is 13.1. The van der Waals surface area contributed by atoms with Gasteiger partial charge in [0.05, 0.1) is 17.1 Å². The highest BCUT2D eigenvalue weighted by Gasteiger charge is 2.48. The zero-order valence-electron chi connectivity index (χ0n) is 16.8. The van der Waals surface area contributed by atoms with E-state index in [1.807, 2.05) is 6.07 Å². The number of nitrogens with one attached hydrogen (secondary N) is 1. The Labute approximate surface area is 177 Å². The molecule has 0 aromatic carbocycles. The molecule has 0 bridgehead atoms. The number of likely N-dealkylation sites (N-methyl/N-ethyl adjacent to an activating group) is 1. The minimum absolute atomic E-state index is 0.0245. The van der Waals surface area contributed by atoms with Crippen molar-refractivity contribution in [2.24, 2.45) is 5.92 Å². The van der Waals surface area contributed by atoms with Gasteiger partial charge in [-0.25, -0.2) is 19.3 Å². The van der Waals surface area contributed by atoms with Gasteiger partial charge in [-0.3, -0.25) is 4.79 Å². The van der Waals surface area contributed by atoms with Crippen LogP contribution in [0.1, 0.15) is 18.6 Å². The van der Waals surface area contributed by atoms with Gasteiger partial charge < -0.3 is 19.8 Å². The number of alkyl halides is 1. The van der Waals surface area contributed by atoms with Gasteiger partial charge in [0, 0.05) is 44.7 Å². The molecule has 1 saturated heterocycles. The molecule has 3 aromatic heterocycles. The van der Waals surface area contributed by atoms with Crippen LogP contribution in [0.15, 0.2) is 41.1 Å². The molecule has 9 nitrogen and oxygen atoms in total. The predicted molar refractivity (Wildman–Crippen MR) is 108 cm³/mol. The number of hydrogen-bond acceptors (Lipinski definition) is 8. The minimum Gasteiger partial charge on any atom is -0.373 e. The summed E-state index contributed by atoms with van der Waals surface area (Å²) in [5.41, 5.74) is 0.411. The third-order valence-electron chi connectivity index (χ3n) is 5.72. The zero-order chi connectivity index (χ0) is 21.6. The molecule has 1 amide bonds. The summed E-state index contributed by atoms with van der Waals surface area (Å²) in [6.45, 7) is 0.937. The van der Waals surface area contributed by atoms with E-state index in [-0.39, 0.29) is 18.1 Å². The lowest BCUT2D eigenvalue weighted by molar-refractivity contribution is -0.144. The van der Waals surface area contributed by atoms with E-state index in [4.69, 9.17) is 4.52 Å². The second-order valence-electron chi connectivity index (χ2n) is 7.98. The quantitative estimate of drug-likeness (QED) is 0.617. The Morgan fingerprint density at radius 3 is 2.71 bits per heavy atom. The molecule has 5 rings (SSSR count). The van der Waals surface area contributed by atoms with Gasteiger partial charge in [0.2, 0.25) is 11.5 Å². The largest absolute Gasteiger partial charge is 0.373 e. The average molecular weight is 424 g/mol. The molecule has 2 aliphatic rings. The van der Waals surface area contributed by atoms with Gasteiger partial charge in [0.25, 0.3) is 5.91 Å². The third-order valence-corrected chi connectivity index (χ3v) is 5.72. The predicted octanol–water partition coefficient (Wildman–Crippen LogP) is 2.01. The molecule has 160 valence electrons. The molecular weight excluding hydrogens is 403 g/mol. The number of nitrogens with zero attached hydrogens (tertiary/aromatic N) is 5. The van der Waals surface area contributed by atoms with E-state index in [0.717, 1.165) is 0 Å². The molecule has 1 saturated carbocycles.